The zero-order valence-electron chi connectivity index (χ0n) is 15.7. The first-order valence-corrected chi connectivity index (χ1v) is 10.9. The molecule has 3 aromatic carbocycles. The van der Waals surface area contributed by atoms with E-state index in [1.807, 2.05) is 67.6 Å². The van der Waals surface area contributed by atoms with E-state index in [-0.39, 0.29) is 10.7 Å². The fraction of sp³-hybridized carbons (Fsp3) is 0.125. The molecule has 0 saturated heterocycles. The van der Waals surface area contributed by atoms with Gasteiger partial charge in [-0.1, -0.05) is 72.8 Å². The second kappa shape index (κ2) is 6.57. The van der Waals surface area contributed by atoms with Crippen molar-refractivity contribution < 1.29 is 13.2 Å². The maximum absolute atomic E-state index is 13.3. The summed E-state index contributed by atoms with van der Waals surface area (Å²) in [6.07, 6.45) is 1.19. The summed E-state index contributed by atoms with van der Waals surface area (Å²) in [5, 5.41) is 0. The summed E-state index contributed by atoms with van der Waals surface area (Å²) in [6.45, 7) is 1.94. The molecular formula is C24H20O3S. The molecule has 0 bridgehead atoms. The molecule has 0 N–H and O–H groups in total. The minimum atomic E-state index is -3.27. The number of hydrogen-bond acceptors (Lipinski definition) is 3. The number of carbonyl (C=O) groups is 1. The summed E-state index contributed by atoms with van der Waals surface area (Å²) in [5.41, 5.74) is 3.52. The third-order valence-corrected chi connectivity index (χ3v) is 6.54. The maximum atomic E-state index is 13.3. The van der Waals surface area contributed by atoms with Gasteiger partial charge in [-0.15, -0.1) is 0 Å². The van der Waals surface area contributed by atoms with E-state index < -0.39 is 15.3 Å². The number of sulfone groups is 1. The minimum Gasteiger partial charge on any atom is -0.293 e. The van der Waals surface area contributed by atoms with Crippen LogP contribution in [0.15, 0.2) is 89.8 Å². The third-order valence-electron chi connectivity index (χ3n) is 5.42. The Balaban J connectivity index is 1.94. The molecule has 0 saturated carbocycles. The lowest BCUT2D eigenvalue weighted by Crippen LogP contribution is -2.44. The van der Waals surface area contributed by atoms with Gasteiger partial charge in [-0.3, -0.25) is 4.79 Å². The number of allylic oxidation sites excluding steroid dienone is 2. The van der Waals surface area contributed by atoms with E-state index in [0.717, 1.165) is 22.3 Å². The predicted molar refractivity (Wildman–Crippen MR) is 112 cm³/mol. The third kappa shape index (κ3) is 2.81. The summed E-state index contributed by atoms with van der Waals surface area (Å²) in [6, 6.07) is 26.1. The molecule has 4 rings (SSSR count). The first-order valence-electron chi connectivity index (χ1n) is 9.04. The van der Waals surface area contributed by atoms with Gasteiger partial charge < -0.3 is 0 Å². The van der Waals surface area contributed by atoms with Gasteiger partial charge in [-0.05, 0) is 41.3 Å². The summed E-state index contributed by atoms with van der Waals surface area (Å²) in [5.74, 6) is 0.0760. The highest BCUT2D eigenvalue weighted by atomic mass is 32.2. The SMILES string of the molecule is CC1(c2ccccc2)C(=O)C(c2ccccc2)=C1c1ccc(S(C)(=O)=O)cc1. The van der Waals surface area contributed by atoms with Gasteiger partial charge in [0.1, 0.15) is 0 Å². The Hall–Kier alpha value is -2.98. The zero-order valence-corrected chi connectivity index (χ0v) is 16.5. The summed E-state index contributed by atoms with van der Waals surface area (Å²) >= 11 is 0. The smallest absolute Gasteiger partial charge is 0.178 e. The second-order valence-corrected chi connectivity index (χ2v) is 9.25. The van der Waals surface area contributed by atoms with Gasteiger partial charge in [0.25, 0.3) is 0 Å². The molecule has 3 nitrogen and oxygen atoms in total. The van der Waals surface area contributed by atoms with Crippen LogP contribution in [-0.2, 0) is 20.0 Å². The maximum Gasteiger partial charge on any atom is 0.178 e. The average molecular weight is 388 g/mol. The number of benzene rings is 3. The van der Waals surface area contributed by atoms with E-state index in [1.54, 1.807) is 24.3 Å². The first-order chi connectivity index (χ1) is 13.3. The van der Waals surface area contributed by atoms with Gasteiger partial charge in [-0.25, -0.2) is 8.42 Å². The molecule has 0 aromatic heterocycles. The lowest BCUT2D eigenvalue weighted by atomic mass is 9.57. The van der Waals surface area contributed by atoms with Crippen molar-refractivity contribution in [2.24, 2.45) is 0 Å². The Bertz CT molecular complexity index is 1180. The minimum absolute atomic E-state index is 0.0760. The average Bonchev–Trinajstić information content (AvgIpc) is 2.71. The van der Waals surface area contributed by atoms with Gasteiger partial charge in [-0.2, -0.15) is 0 Å². The molecule has 140 valence electrons. The number of rotatable bonds is 4. The van der Waals surface area contributed by atoms with Crippen LogP contribution in [0.4, 0.5) is 0 Å². The molecule has 0 fully saturated rings. The molecule has 0 aliphatic heterocycles. The van der Waals surface area contributed by atoms with Crippen molar-refractivity contribution >= 4 is 26.8 Å². The van der Waals surface area contributed by atoms with Crippen LogP contribution < -0.4 is 0 Å². The quantitative estimate of drug-likeness (QED) is 0.659. The van der Waals surface area contributed by atoms with E-state index in [2.05, 4.69) is 0 Å². The van der Waals surface area contributed by atoms with Crippen molar-refractivity contribution in [3.05, 3.63) is 102 Å². The molecule has 28 heavy (non-hydrogen) atoms. The van der Waals surface area contributed by atoms with Gasteiger partial charge in [0.05, 0.1) is 10.3 Å². The molecule has 1 aliphatic carbocycles. The molecule has 3 aromatic rings. The standard InChI is InChI=1S/C24H20O3S/c1-24(19-11-7-4-8-12-19)22(18-13-15-20(16-14-18)28(2,26)27)21(23(24)25)17-9-5-3-6-10-17/h3-16H,1-2H3. The van der Waals surface area contributed by atoms with Crippen LogP contribution in [0, 0.1) is 0 Å². The van der Waals surface area contributed by atoms with Crippen molar-refractivity contribution in [2.45, 2.75) is 17.2 Å². The zero-order chi connectivity index (χ0) is 19.9. The fourth-order valence-corrected chi connectivity index (χ4v) is 4.52. The molecule has 0 spiro atoms. The Morgan fingerprint density at radius 1 is 0.714 bits per heavy atom. The van der Waals surface area contributed by atoms with Crippen molar-refractivity contribution in [1.29, 1.82) is 0 Å². The Kier molecular flexibility index (Phi) is 4.31. The Labute approximate surface area is 165 Å². The number of Topliss-reactive ketones (excluding diaryl/α,β-unsaturated/α-hetero) is 1. The van der Waals surface area contributed by atoms with Crippen molar-refractivity contribution in [3.8, 4) is 0 Å². The summed E-state index contributed by atoms with van der Waals surface area (Å²) in [7, 11) is -3.27. The highest BCUT2D eigenvalue weighted by Gasteiger charge is 2.51. The number of ketones is 1. The number of carbonyl (C=O) groups excluding carboxylic acids is 1. The molecule has 4 heteroatoms. The monoisotopic (exact) mass is 388 g/mol. The van der Waals surface area contributed by atoms with E-state index in [4.69, 9.17) is 0 Å². The fourth-order valence-electron chi connectivity index (χ4n) is 3.89. The molecular weight excluding hydrogens is 368 g/mol. The molecule has 1 aliphatic rings. The lowest BCUT2D eigenvalue weighted by molar-refractivity contribution is -0.117. The van der Waals surface area contributed by atoms with Crippen LogP contribution in [0.25, 0.3) is 11.1 Å². The summed E-state index contributed by atoms with van der Waals surface area (Å²) < 4.78 is 23.6. The van der Waals surface area contributed by atoms with E-state index in [1.165, 1.54) is 6.26 Å². The van der Waals surface area contributed by atoms with Crippen LogP contribution >= 0.6 is 0 Å². The van der Waals surface area contributed by atoms with Crippen LogP contribution in [0.1, 0.15) is 23.6 Å². The Morgan fingerprint density at radius 2 is 1.25 bits per heavy atom. The van der Waals surface area contributed by atoms with Gasteiger partial charge in [0, 0.05) is 11.8 Å². The van der Waals surface area contributed by atoms with Crippen molar-refractivity contribution in [3.63, 3.8) is 0 Å². The molecule has 0 radical (unpaired) electrons. The van der Waals surface area contributed by atoms with E-state index in [0.29, 0.717) is 5.57 Å². The lowest BCUT2D eigenvalue weighted by Gasteiger charge is -2.43. The van der Waals surface area contributed by atoms with Crippen LogP contribution in [0.3, 0.4) is 0 Å². The highest BCUT2D eigenvalue weighted by Crippen LogP contribution is 2.54. The van der Waals surface area contributed by atoms with Crippen LogP contribution in [0.5, 0.6) is 0 Å². The highest BCUT2D eigenvalue weighted by molar-refractivity contribution is 7.90. The first kappa shape index (κ1) is 18.4. The largest absolute Gasteiger partial charge is 0.293 e. The van der Waals surface area contributed by atoms with Crippen molar-refractivity contribution in [2.75, 3.05) is 6.26 Å². The van der Waals surface area contributed by atoms with E-state index >= 15 is 0 Å². The Morgan fingerprint density at radius 3 is 1.79 bits per heavy atom. The van der Waals surface area contributed by atoms with Crippen LogP contribution in [0.2, 0.25) is 0 Å². The molecule has 1 unspecified atom stereocenters. The van der Waals surface area contributed by atoms with Crippen LogP contribution in [-0.4, -0.2) is 20.5 Å². The predicted octanol–water partition coefficient (Wildman–Crippen LogP) is 4.54. The molecule has 0 amide bonds. The summed E-state index contributed by atoms with van der Waals surface area (Å²) in [4.78, 5) is 13.6. The normalized spacial score (nSPS) is 19.4. The van der Waals surface area contributed by atoms with Gasteiger partial charge in [0.2, 0.25) is 0 Å². The van der Waals surface area contributed by atoms with E-state index in [9.17, 15) is 13.2 Å². The van der Waals surface area contributed by atoms with Gasteiger partial charge in [0.15, 0.2) is 15.6 Å². The topological polar surface area (TPSA) is 51.2 Å². The van der Waals surface area contributed by atoms with Crippen molar-refractivity contribution in [1.82, 2.24) is 0 Å². The van der Waals surface area contributed by atoms with Gasteiger partial charge >= 0.3 is 0 Å². The number of hydrogen-bond donors (Lipinski definition) is 0. The second-order valence-electron chi connectivity index (χ2n) is 7.23. The molecule has 1 atom stereocenters. The molecule has 0 heterocycles.